The third-order valence-corrected chi connectivity index (χ3v) is 6.37. The van der Waals surface area contributed by atoms with Gasteiger partial charge in [-0.3, -0.25) is 14.5 Å². The van der Waals surface area contributed by atoms with Crippen molar-refractivity contribution < 1.29 is 28.3 Å². The zero-order chi connectivity index (χ0) is 23.9. The van der Waals surface area contributed by atoms with Gasteiger partial charge in [0.15, 0.2) is 17.3 Å². The van der Waals surface area contributed by atoms with Crippen LogP contribution in [0.25, 0.3) is 11.2 Å². The van der Waals surface area contributed by atoms with Gasteiger partial charge >= 0.3 is 12.0 Å². The summed E-state index contributed by atoms with van der Waals surface area (Å²) in [7, 11) is 0. The fraction of sp³-hybridized carbons (Fsp3) is 0.625. The second-order valence-corrected chi connectivity index (χ2v) is 8.85. The molecule has 1 saturated carbocycles. The van der Waals surface area contributed by atoms with Crippen molar-refractivity contribution in [3.63, 3.8) is 0 Å². The standard InChI is InChI=1S/C24H32N4O6/c1-2-11-28(23(30)21-26-20-18(33-21)9-6-10-25-20)22(29)19(16-17-7-4-3-5-8-17)34-24(31)27-12-14-32-15-13-27/h6,9-10,17,19H,2-5,7-8,11-16H2,1H3. The molecule has 1 atom stereocenters. The number of carbonyl (C=O) groups excluding carboxylic acids is 3. The van der Waals surface area contributed by atoms with Crippen molar-refractivity contribution in [3.05, 3.63) is 24.2 Å². The van der Waals surface area contributed by atoms with Gasteiger partial charge in [0.25, 0.3) is 11.8 Å². The van der Waals surface area contributed by atoms with Crippen LogP contribution in [0, 0.1) is 5.92 Å². The first-order chi connectivity index (χ1) is 16.6. The SMILES string of the molecule is CCCN(C(=O)c1nc2ncccc2o1)C(=O)C(CC1CCCCC1)OC(=O)N1CCOCC1. The Hall–Kier alpha value is -3.01. The summed E-state index contributed by atoms with van der Waals surface area (Å²) >= 11 is 0. The van der Waals surface area contributed by atoms with Crippen LogP contribution in [-0.2, 0) is 14.3 Å². The normalized spacial score (nSPS) is 18.0. The van der Waals surface area contributed by atoms with Crippen LogP contribution in [0.1, 0.15) is 62.6 Å². The average molecular weight is 473 g/mol. The molecule has 0 radical (unpaired) electrons. The molecule has 1 saturated heterocycles. The molecule has 3 amide bonds. The molecule has 34 heavy (non-hydrogen) atoms. The Bertz CT molecular complexity index is 963. The van der Waals surface area contributed by atoms with Crippen molar-refractivity contribution in [2.45, 2.75) is 58.0 Å². The minimum atomic E-state index is -1.04. The van der Waals surface area contributed by atoms with Crippen LogP contribution < -0.4 is 0 Å². The molecule has 1 unspecified atom stereocenters. The molecule has 10 nitrogen and oxygen atoms in total. The van der Waals surface area contributed by atoms with Gasteiger partial charge in [0.2, 0.25) is 0 Å². The second kappa shape index (κ2) is 11.4. The van der Waals surface area contributed by atoms with E-state index >= 15 is 0 Å². The van der Waals surface area contributed by atoms with Crippen LogP contribution in [0.3, 0.4) is 0 Å². The van der Waals surface area contributed by atoms with E-state index in [4.69, 9.17) is 13.9 Å². The number of nitrogens with zero attached hydrogens (tertiary/aromatic N) is 4. The number of hydrogen-bond acceptors (Lipinski definition) is 8. The quantitative estimate of drug-likeness (QED) is 0.602. The summed E-state index contributed by atoms with van der Waals surface area (Å²) in [4.78, 5) is 50.7. The molecule has 0 bridgehead atoms. The maximum absolute atomic E-state index is 13.7. The number of imide groups is 1. The van der Waals surface area contributed by atoms with Crippen molar-refractivity contribution in [2.75, 3.05) is 32.8 Å². The van der Waals surface area contributed by atoms with E-state index in [0.29, 0.717) is 50.4 Å². The fourth-order valence-electron chi connectivity index (χ4n) is 4.55. The number of fused-ring (bicyclic) bond motifs is 1. The highest BCUT2D eigenvalue weighted by Gasteiger charge is 2.36. The van der Waals surface area contributed by atoms with Gasteiger partial charge in [-0.25, -0.2) is 9.78 Å². The molecular formula is C24H32N4O6. The van der Waals surface area contributed by atoms with Gasteiger partial charge in [-0.05, 0) is 30.9 Å². The smallest absolute Gasteiger partial charge is 0.410 e. The number of aromatic nitrogens is 2. The predicted octanol–water partition coefficient (Wildman–Crippen LogP) is 3.41. The average Bonchev–Trinajstić information content (AvgIpc) is 3.32. The second-order valence-electron chi connectivity index (χ2n) is 8.85. The summed E-state index contributed by atoms with van der Waals surface area (Å²) in [6, 6.07) is 3.34. The van der Waals surface area contributed by atoms with E-state index in [1.54, 1.807) is 23.2 Å². The van der Waals surface area contributed by atoms with Crippen LogP contribution >= 0.6 is 0 Å². The molecule has 2 aromatic heterocycles. The first-order valence-electron chi connectivity index (χ1n) is 12.2. The highest BCUT2D eigenvalue weighted by Crippen LogP contribution is 2.29. The van der Waals surface area contributed by atoms with E-state index in [1.807, 2.05) is 6.92 Å². The van der Waals surface area contributed by atoms with Gasteiger partial charge in [0, 0.05) is 25.8 Å². The Kier molecular flexibility index (Phi) is 8.10. The Morgan fingerprint density at radius 3 is 2.68 bits per heavy atom. The van der Waals surface area contributed by atoms with E-state index < -0.39 is 24.0 Å². The summed E-state index contributed by atoms with van der Waals surface area (Å²) in [5.74, 6) is -1.12. The lowest BCUT2D eigenvalue weighted by atomic mass is 9.85. The molecule has 3 heterocycles. The van der Waals surface area contributed by atoms with E-state index in [1.165, 1.54) is 6.42 Å². The summed E-state index contributed by atoms with van der Waals surface area (Å²) in [5, 5.41) is 0. The number of morpholine rings is 1. The van der Waals surface area contributed by atoms with Crippen molar-refractivity contribution in [3.8, 4) is 0 Å². The maximum Gasteiger partial charge on any atom is 0.410 e. The monoisotopic (exact) mass is 472 g/mol. The zero-order valence-corrected chi connectivity index (χ0v) is 19.6. The van der Waals surface area contributed by atoms with Gasteiger partial charge in [-0.15, -0.1) is 0 Å². The predicted molar refractivity (Wildman–Crippen MR) is 122 cm³/mol. The Morgan fingerprint density at radius 1 is 1.21 bits per heavy atom. The van der Waals surface area contributed by atoms with Gasteiger partial charge in [-0.1, -0.05) is 39.0 Å². The lowest BCUT2D eigenvalue weighted by Gasteiger charge is -2.32. The molecule has 0 spiro atoms. The molecule has 184 valence electrons. The molecule has 0 aromatic carbocycles. The first kappa shape index (κ1) is 24.1. The van der Waals surface area contributed by atoms with E-state index in [-0.39, 0.29) is 18.4 Å². The van der Waals surface area contributed by atoms with Gasteiger partial charge in [0.05, 0.1) is 13.2 Å². The first-order valence-corrected chi connectivity index (χ1v) is 12.2. The molecule has 1 aliphatic carbocycles. The fourth-order valence-corrected chi connectivity index (χ4v) is 4.55. The molecule has 2 aliphatic rings. The molecule has 10 heteroatoms. The molecular weight excluding hydrogens is 440 g/mol. The zero-order valence-electron chi connectivity index (χ0n) is 19.6. The number of ether oxygens (including phenoxy) is 2. The van der Waals surface area contributed by atoms with Crippen molar-refractivity contribution >= 4 is 29.1 Å². The van der Waals surface area contributed by atoms with Gasteiger partial charge < -0.3 is 18.8 Å². The van der Waals surface area contributed by atoms with Gasteiger partial charge in [0.1, 0.15) is 0 Å². The minimum absolute atomic E-state index is 0.167. The van der Waals surface area contributed by atoms with Crippen molar-refractivity contribution in [1.29, 1.82) is 0 Å². The number of pyridine rings is 1. The number of rotatable bonds is 7. The maximum atomic E-state index is 13.7. The third-order valence-electron chi connectivity index (χ3n) is 6.37. The van der Waals surface area contributed by atoms with E-state index in [2.05, 4.69) is 9.97 Å². The summed E-state index contributed by atoms with van der Waals surface area (Å²) < 4.78 is 16.6. The number of carbonyl (C=O) groups is 3. The summed E-state index contributed by atoms with van der Waals surface area (Å²) in [6.45, 7) is 3.73. The summed E-state index contributed by atoms with van der Waals surface area (Å²) in [6.07, 6.45) is 6.24. The Balaban J connectivity index is 1.55. The minimum Gasteiger partial charge on any atom is -0.436 e. The lowest BCUT2D eigenvalue weighted by molar-refractivity contribution is -0.139. The van der Waals surface area contributed by atoms with Crippen LogP contribution in [-0.4, -0.2) is 76.6 Å². The number of amides is 3. The largest absolute Gasteiger partial charge is 0.436 e. The van der Waals surface area contributed by atoms with Crippen LogP contribution in [0.15, 0.2) is 22.7 Å². The van der Waals surface area contributed by atoms with E-state index in [0.717, 1.165) is 30.6 Å². The third kappa shape index (κ3) is 5.72. The van der Waals surface area contributed by atoms with Gasteiger partial charge in [-0.2, -0.15) is 4.98 Å². The van der Waals surface area contributed by atoms with Crippen molar-refractivity contribution in [2.24, 2.45) is 5.92 Å². The molecule has 2 fully saturated rings. The molecule has 1 aliphatic heterocycles. The highest BCUT2D eigenvalue weighted by molar-refractivity contribution is 6.04. The van der Waals surface area contributed by atoms with Crippen LogP contribution in [0.5, 0.6) is 0 Å². The molecule has 0 N–H and O–H groups in total. The Morgan fingerprint density at radius 2 is 1.97 bits per heavy atom. The van der Waals surface area contributed by atoms with Crippen LogP contribution in [0.2, 0.25) is 0 Å². The highest BCUT2D eigenvalue weighted by atomic mass is 16.6. The lowest BCUT2D eigenvalue weighted by Crippen LogP contribution is -2.49. The molecule has 2 aromatic rings. The summed E-state index contributed by atoms with van der Waals surface area (Å²) in [5.41, 5.74) is 0.666. The van der Waals surface area contributed by atoms with Crippen molar-refractivity contribution in [1.82, 2.24) is 19.8 Å². The van der Waals surface area contributed by atoms with Crippen LogP contribution in [0.4, 0.5) is 4.79 Å². The Labute approximate surface area is 198 Å². The topological polar surface area (TPSA) is 115 Å². The number of hydrogen-bond donors (Lipinski definition) is 0. The molecule has 4 rings (SSSR count). The number of oxazole rings is 1. The van der Waals surface area contributed by atoms with E-state index in [9.17, 15) is 14.4 Å².